The summed E-state index contributed by atoms with van der Waals surface area (Å²) in [5.74, 6) is 0.0976. The van der Waals surface area contributed by atoms with Gasteiger partial charge in [-0.3, -0.25) is 9.59 Å². The topological polar surface area (TPSA) is 101 Å². The van der Waals surface area contributed by atoms with E-state index >= 15 is 0 Å². The summed E-state index contributed by atoms with van der Waals surface area (Å²) in [6, 6.07) is 34.3. The molecule has 39 heavy (non-hydrogen) atoms. The highest BCUT2D eigenvalue weighted by molar-refractivity contribution is 5.97. The second-order valence-electron chi connectivity index (χ2n) is 8.39. The van der Waals surface area contributed by atoms with Crippen molar-refractivity contribution in [2.45, 2.75) is 19.6 Å². The van der Waals surface area contributed by atoms with Crippen molar-refractivity contribution in [3.63, 3.8) is 0 Å². The molecule has 4 rings (SSSR count). The van der Waals surface area contributed by atoms with E-state index in [9.17, 15) is 9.59 Å². The van der Waals surface area contributed by atoms with Crippen LogP contribution >= 0.6 is 0 Å². The average Bonchev–Trinajstić information content (AvgIpc) is 2.97. The van der Waals surface area contributed by atoms with E-state index in [1.54, 1.807) is 0 Å². The molecule has 0 aliphatic heterocycles. The van der Waals surface area contributed by atoms with Crippen molar-refractivity contribution in [2.75, 3.05) is 0 Å². The molecule has 0 aliphatic carbocycles. The fourth-order valence-electron chi connectivity index (χ4n) is 3.48. The fraction of sp³-hybridized carbons (Fsp3) is 0.0968. The highest BCUT2D eigenvalue weighted by Gasteiger charge is 2.08. The van der Waals surface area contributed by atoms with Gasteiger partial charge < -0.3 is 9.47 Å². The molecule has 2 amide bonds. The lowest BCUT2D eigenvalue weighted by Crippen LogP contribution is -2.27. The van der Waals surface area contributed by atoms with E-state index < -0.39 is 18.2 Å². The molecule has 0 unspecified atom stereocenters. The molecule has 0 heterocycles. The van der Waals surface area contributed by atoms with Crippen LogP contribution in [0.3, 0.4) is 0 Å². The Morgan fingerprint density at radius 3 is 1.38 bits per heavy atom. The standard InChI is InChI=1S/C31H28N4O4/c36-30(34-32-20-26-15-7-9-17-28(26)38-22-24-11-3-1-4-12-24)19-31(37)35-33-21-27-16-8-10-18-29(27)39-23-25-13-5-2-6-14-25/h1-18,20-21H,19,22-23H2,(H,34,36)(H,35,37)/b32-20-,33-21+. The van der Waals surface area contributed by atoms with Gasteiger partial charge in [0.2, 0.25) is 11.8 Å². The third-order valence-corrected chi connectivity index (χ3v) is 5.42. The molecule has 4 aromatic rings. The molecule has 4 aromatic carbocycles. The summed E-state index contributed by atoms with van der Waals surface area (Å²) in [6.45, 7) is 0.810. The number of hydrogen-bond acceptors (Lipinski definition) is 6. The molecular weight excluding hydrogens is 492 g/mol. The number of ether oxygens (including phenoxy) is 2. The van der Waals surface area contributed by atoms with Gasteiger partial charge in [0.05, 0.1) is 12.4 Å². The first-order chi connectivity index (χ1) is 19.2. The smallest absolute Gasteiger partial charge is 0.249 e. The molecule has 0 aromatic heterocycles. The van der Waals surface area contributed by atoms with Crippen molar-refractivity contribution in [1.29, 1.82) is 0 Å². The highest BCUT2D eigenvalue weighted by atomic mass is 16.5. The summed E-state index contributed by atoms with van der Waals surface area (Å²) in [5.41, 5.74) is 8.16. The van der Waals surface area contributed by atoms with Gasteiger partial charge in [-0.2, -0.15) is 10.2 Å². The normalized spacial score (nSPS) is 10.9. The fourth-order valence-corrected chi connectivity index (χ4v) is 3.48. The van der Waals surface area contributed by atoms with E-state index in [1.165, 1.54) is 12.4 Å². The lowest BCUT2D eigenvalue weighted by Gasteiger charge is -2.09. The third kappa shape index (κ3) is 8.98. The molecule has 0 fully saturated rings. The van der Waals surface area contributed by atoms with Gasteiger partial charge >= 0.3 is 0 Å². The van der Waals surface area contributed by atoms with Crippen LogP contribution in [-0.4, -0.2) is 24.2 Å². The quantitative estimate of drug-likeness (QED) is 0.159. The Kier molecular flexibility index (Phi) is 9.96. The number of nitrogens with one attached hydrogen (secondary N) is 2. The van der Waals surface area contributed by atoms with Crippen molar-refractivity contribution < 1.29 is 19.1 Å². The monoisotopic (exact) mass is 520 g/mol. The summed E-state index contributed by atoms with van der Waals surface area (Å²) in [5, 5.41) is 7.91. The Balaban J connectivity index is 1.23. The van der Waals surface area contributed by atoms with Gasteiger partial charge in [0, 0.05) is 11.1 Å². The maximum atomic E-state index is 12.2. The van der Waals surface area contributed by atoms with Crippen LogP contribution in [0, 0.1) is 0 Å². The number of nitrogens with zero attached hydrogens (tertiary/aromatic N) is 2. The van der Waals surface area contributed by atoms with Crippen LogP contribution in [0.15, 0.2) is 119 Å². The van der Waals surface area contributed by atoms with Crippen molar-refractivity contribution >= 4 is 24.2 Å². The van der Waals surface area contributed by atoms with E-state index in [-0.39, 0.29) is 0 Å². The molecule has 0 bridgehead atoms. The number of rotatable bonds is 12. The molecule has 8 nitrogen and oxygen atoms in total. The van der Waals surface area contributed by atoms with Crippen molar-refractivity contribution in [2.24, 2.45) is 10.2 Å². The molecule has 196 valence electrons. The minimum atomic E-state index is -0.576. The predicted octanol–water partition coefficient (Wildman–Crippen LogP) is 4.84. The lowest BCUT2D eigenvalue weighted by atomic mass is 10.2. The Bertz CT molecular complexity index is 1310. The van der Waals surface area contributed by atoms with Crippen LogP contribution in [0.1, 0.15) is 28.7 Å². The lowest BCUT2D eigenvalue weighted by molar-refractivity contribution is -0.129. The summed E-state index contributed by atoms with van der Waals surface area (Å²) in [7, 11) is 0. The van der Waals surface area contributed by atoms with Crippen LogP contribution in [0.25, 0.3) is 0 Å². The van der Waals surface area contributed by atoms with Gasteiger partial charge in [0.15, 0.2) is 0 Å². The predicted molar refractivity (Wildman–Crippen MR) is 151 cm³/mol. The number of carbonyl (C=O) groups is 2. The van der Waals surface area contributed by atoms with Crippen LogP contribution < -0.4 is 20.3 Å². The van der Waals surface area contributed by atoms with Crippen molar-refractivity contribution in [1.82, 2.24) is 10.9 Å². The molecule has 0 atom stereocenters. The van der Waals surface area contributed by atoms with E-state index in [0.717, 1.165) is 11.1 Å². The SMILES string of the molecule is O=C(CC(=O)N/N=C/c1ccccc1OCc1ccccc1)N/N=C\c1ccccc1OCc1ccccc1. The van der Waals surface area contributed by atoms with Crippen LogP contribution in [-0.2, 0) is 22.8 Å². The first-order valence-corrected chi connectivity index (χ1v) is 12.3. The number of hydrogen-bond donors (Lipinski definition) is 2. The maximum absolute atomic E-state index is 12.2. The van der Waals surface area contributed by atoms with Gasteiger partial charge in [-0.25, -0.2) is 10.9 Å². The van der Waals surface area contributed by atoms with E-state index in [1.807, 2.05) is 109 Å². The Hall–Kier alpha value is -5.24. The molecule has 0 saturated heterocycles. The van der Waals surface area contributed by atoms with E-state index in [2.05, 4.69) is 21.1 Å². The molecule has 8 heteroatoms. The minimum Gasteiger partial charge on any atom is -0.488 e. The second kappa shape index (κ2) is 14.5. The zero-order chi connectivity index (χ0) is 27.1. The van der Waals surface area contributed by atoms with Crippen molar-refractivity contribution in [3.05, 3.63) is 131 Å². The first-order valence-electron chi connectivity index (χ1n) is 12.3. The summed E-state index contributed by atoms with van der Waals surface area (Å²) >= 11 is 0. The maximum Gasteiger partial charge on any atom is 0.249 e. The first kappa shape index (κ1) is 26.8. The van der Waals surface area contributed by atoms with Gasteiger partial charge in [-0.1, -0.05) is 84.9 Å². The Morgan fingerprint density at radius 2 is 0.949 bits per heavy atom. The van der Waals surface area contributed by atoms with Gasteiger partial charge in [0.25, 0.3) is 0 Å². The highest BCUT2D eigenvalue weighted by Crippen LogP contribution is 2.18. The van der Waals surface area contributed by atoms with E-state index in [0.29, 0.717) is 35.8 Å². The molecule has 0 spiro atoms. The molecule has 0 radical (unpaired) electrons. The minimum absolute atomic E-state index is 0.405. The molecule has 2 N–H and O–H groups in total. The average molecular weight is 521 g/mol. The third-order valence-electron chi connectivity index (χ3n) is 5.42. The molecule has 0 saturated carbocycles. The van der Waals surface area contributed by atoms with E-state index in [4.69, 9.17) is 9.47 Å². The molecule has 0 aliphatic rings. The van der Waals surface area contributed by atoms with Crippen LogP contribution in [0.2, 0.25) is 0 Å². The number of hydrazone groups is 2. The Labute approximate surface area is 227 Å². The zero-order valence-corrected chi connectivity index (χ0v) is 21.2. The number of amides is 2. The number of benzene rings is 4. The molecular formula is C31H28N4O4. The summed E-state index contributed by atoms with van der Waals surface area (Å²) in [4.78, 5) is 24.3. The van der Waals surface area contributed by atoms with Gasteiger partial charge in [-0.05, 0) is 35.4 Å². The van der Waals surface area contributed by atoms with Crippen LogP contribution in [0.4, 0.5) is 0 Å². The summed E-state index contributed by atoms with van der Waals surface area (Å²) < 4.78 is 11.8. The van der Waals surface area contributed by atoms with Crippen LogP contribution in [0.5, 0.6) is 11.5 Å². The second-order valence-corrected chi connectivity index (χ2v) is 8.39. The number of carbonyl (C=O) groups excluding carboxylic acids is 2. The largest absolute Gasteiger partial charge is 0.488 e. The van der Waals surface area contributed by atoms with Gasteiger partial charge in [-0.15, -0.1) is 0 Å². The number of para-hydroxylation sites is 2. The van der Waals surface area contributed by atoms with Gasteiger partial charge in [0.1, 0.15) is 31.1 Å². The summed E-state index contributed by atoms with van der Waals surface area (Å²) in [6.07, 6.45) is 2.51. The zero-order valence-electron chi connectivity index (χ0n) is 21.2. The van der Waals surface area contributed by atoms with Crippen molar-refractivity contribution in [3.8, 4) is 11.5 Å². The Morgan fingerprint density at radius 1 is 0.564 bits per heavy atom.